The van der Waals surface area contributed by atoms with Crippen LogP contribution in [0.5, 0.6) is 11.5 Å². The number of rotatable bonds is 8. The zero-order chi connectivity index (χ0) is 23.5. The fourth-order valence-corrected chi connectivity index (χ4v) is 5.06. The van der Waals surface area contributed by atoms with Crippen molar-refractivity contribution in [3.8, 4) is 11.5 Å². The van der Waals surface area contributed by atoms with E-state index >= 15 is 0 Å². The van der Waals surface area contributed by atoms with Gasteiger partial charge in [0, 0.05) is 29.5 Å². The van der Waals surface area contributed by atoms with E-state index in [9.17, 15) is 8.42 Å². The van der Waals surface area contributed by atoms with Crippen LogP contribution in [-0.4, -0.2) is 31.5 Å². The molecule has 0 aliphatic heterocycles. The Balaban J connectivity index is 1.29. The largest absolute Gasteiger partial charge is 0.497 e. The van der Waals surface area contributed by atoms with Crippen molar-refractivity contribution in [2.45, 2.75) is 36.6 Å². The number of aromatic nitrogens is 2. The molecule has 9 heteroatoms. The molecule has 1 heterocycles. The summed E-state index contributed by atoms with van der Waals surface area (Å²) < 4.78 is 36.2. The highest BCUT2D eigenvalue weighted by Gasteiger charge is 2.19. The van der Waals surface area contributed by atoms with Gasteiger partial charge >= 0.3 is 10.1 Å². The third kappa shape index (κ3) is 4.94. The maximum atomic E-state index is 12.8. The smallest absolute Gasteiger partial charge is 0.339 e. The molecule has 0 spiro atoms. The molecular weight excluding hydrogens is 452 g/mol. The number of imidazole rings is 1. The summed E-state index contributed by atoms with van der Waals surface area (Å²) in [5.41, 5.74) is 3.05. The highest BCUT2D eigenvalue weighted by atomic mass is 32.2. The molecule has 3 aromatic carbocycles. The second-order valence-electron chi connectivity index (χ2n) is 8.31. The number of benzene rings is 3. The van der Waals surface area contributed by atoms with Crippen LogP contribution in [0.2, 0.25) is 0 Å². The second kappa shape index (κ2) is 9.26. The van der Waals surface area contributed by atoms with Gasteiger partial charge in [0.1, 0.15) is 16.4 Å². The fraction of sp³-hybridized carbons (Fsp3) is 0.240. The van der Waals surface area contributed by atoms with Crippen LogP contribution in [-0.2, 0) is 10.1 Å². The van der Waals surface area contributed by atoms with Crippen LogP contribution in [0.1, 0.15) is 25.7 Å². The van der Waals surface area contributed by atoms with Gasteiger partial charge in [-0.15, -0.1) is 0 Å². The zero-order valence-corrected chi connectivity index (χ0v) is 19.6. The first-order valence-electron chi connectivity index (χ1n) is 11.2. The molecule has 0 unspecified atom stereocenters. The van der Waals surface area contributed by atoms with E-state index in [-0.39, 0.29) is 10.6 Å². The number of nitrogens with one attached hydrogen (secondary N) is 3. The Morgan fingerprint density at radius 3 is 2.50 bits per heavy atom. The minimum absolute atomic E-state index is 0.104. The molecule has 0 saturated heterocycles. The van der Waals surface area contributed by atoms with E-state index in [0.29, 0.717) is 17.5 Å². The number of hydrogen-bond donors (Lipinski definition) is 3. The number of methoxy groups -OCH3 is 1. The van der Waals surface area contributed by atoms with E-state index in [4.69, 9.17) is 8.92 Å². The van der Waals surface area contributed by atoms with Gasteiger partial charge in [-0.3, -0.25) is 0 Å². The van der Waals surface area contributed by atoms with Crippen LogP contribution in [0.25, 0.3) is 11.0 Å². The van der Waals surface area contributed by atoms with E-state index in [1.54, 1.807) is 49.6 Å². The van der Waals surface area contributed by atoms with Gasteiger partial charge < -0.3 is 24.5 Å². The Bertz CT molecular complexity index is 1390. The molecule has 0 atom stereocenters. The highest BCUT2D eigenvalue weighted by Crippen LogP contribution is 2.27. The lowest BCUT2D eigenvalue weighted by molar-refractivity contribution is 0.415. The van der Waals surface area contributed by atoms with Crippen molar-refractivity contribution in [2.75, 3.05) is 17.7 Å². The van der Waals surface area contributed by atoms with Gasteiger partial charge in [-0.05, 0) is 61.4 Å². The van der Waals surface area contributed by atoms with Crippen molar-refractivity contribution in [3.63, 3.8) is 0 Å². The van der Waals surface area contributed by atoms with Crippen LogP contribution in [0.3, 0.4) is 0 Å². The summed E-state index contributed by atoms with van der Waals surface area (Å²) in [4.78, 5) is 7.76. The summed E-state index contributed by atoms with van der Waals surface area (Å²) in [6.07, 6.45) is 4.76. The van der Waals surface area contributed by atoms with Gasteiger partial charge in [0.25, 0.3) is 0 Å². The highest BCUT2D eigenvalue weighted by molar-refractivity contribution is 7.87. The summed E-state index contributed by atoms with van der Waals surface area (Å²) in [7, 11) is -2.36. The van der Waals surface area contributed by atoms with Crippen LogP contribution in [0, 0.1) is 0 Å². The van der Waals surface area contributed by atoms with Crippen molar-refractivity contribution >= 4 is 38.5 Å². The molecule has 0 radical (unpaired) electrons. The number of fused-ring (bicyclic) bond motifs is 1. The molecule has 1 aliphatic carbocycles. The average Bonchev–Trinajstić information content (AvgIpc) is 3.48. The first-order chi connectivity index (χ1) is 16.5. The van der Waals surface area contributed by atoms with Crippen molar-refractivity contribution in [2.24, 2.45) is 0 Å². The lowest BCUT2D eigenvalue weighted by Crippen LogP contribution is -2.14. The maximum absolute atomic E-state index is 12.8. The van der Waals surface area contributed by atoms with E-state index in [1.807, 2.05) is 24.3 Å². The van der Waals surface area contributed by atoms with Crippen LogP contribution in [0.15, 0.2) is 71.6 Å². The Morgan fingerprint density at radius 1 is 0.941 bits per heavy atom. The van der Waals surface area contributed by atoms with Gasteiger partial charge in [0.05, 0.1) is 18.1 Å². The molecule has 1 fully saturated rings. The summed E-state index contributed by atoms with van der Waals surface area (Å²) in [5.74, 6) is 1.44. The van der Waals surface area contributed by atoms with E-state index in [1.165, 1.54) is 12.8 Å². The SMILES string of the molecule is COc1cccc(Nc2nc3cc(OS(=O)(=O)c4ccc(NC5CCCC5)cc4)ccc3[nH]2)c1. The molecule has 8 nitrogen and oxygen atoms in total. The summed E-state index contributed by atoms with van der Waals surface area (Å²) in [6.45, 7) is 0. The third-order valence-electron chi connectivity index (χ3n) is 5.86. The minimum atomic E-state index is -3.97. The van der Waals surface area contributed by atoms with Crippen molar-refractivity contribution in [1.29, 1.82) is 0 Å². The lowest BCUT2D eigenvalue weighted by atomic mass is 10.2. The number of hydrogen-bond acceptors (Lipinski definition) is 7. The van der Waals surface area contributed by atoms with Crippen LogP contribution < -0.4 is 19.6 Å². The quantitative estimate of drug-likeness (QED) is 0.290. The monoisotopic (exact) mass is 478 g/mol. The van der Waals surface area contributed by atoms with Crippen molar-refractivity contribution in [3.05, 3.63) is 66.7 Å². The molecule has 5 rings (SSSR count). The molecule has 0 bridgehead atoms. The average molecular weight is 479 g/mol. The molecule has 176 valence electrons. The summed E-state index contributed by atoms with van der Waals surface area (Å²) in [5, 5.41) is 6.64. The standard InChI is InChI=1S/C25H26N4O4S/c1-32-20-8-4-7-19(15-20)27-25-28-23-14-11-21(16-24(23)29-25)33-34(30,31)22-12-9-18(10-13-22)26-17-5-2-3-6-17/h4,7-17,26H,2-3,5-6H2,1H3,(H2,27,28,29). The molecular formula is C25H26N4O4S. The number of H-pyrrole nitrogens is 1. The maximum Gasteiger partial charge on any atom is 0.339 e. The Morgan fingerprint density at radius 2 is 1.74 bits per heavy atom. The lowest BCUT2D eigenvalue weighted by Gasteiger charge is -2.14. The first-order valence-corrected chi connectivity index (χ1v) is 12.6. The number of ether oxygens (including phenoxy) is 1. The Kier molecular flexibility index (Phi) is 6.02. The van der Waals surface area contributed by atoms with Gasteiger partial charge in [-0.2, -0.15) is 8.42 Å². The predicted octanol–water partition coefficient (Wildman–Crippen LogP) is 5.44. The molecule has 1 aromatic heterocycles. The van der Waals surface area contributed by atoms with E-state index in [2.05, 4.69) is 20.6 Å². The van der Waals surface area contributed by atoms with Crippen molar-refractivity contribution in [1.82, 2.24) is 9.97 Å². The van der Waals surface area contributed by atoms with E-state index < -0.39 is 10.1 Å². The molecule has 0 amide bonds. The summed E-state index contributed by atoms with van der Waals surface area (Å²) in [6, 6.07) is 19.6. The van der Waals surface area contributed by atoms with Gasteiger partial charge in [0.2, 0.25) is 5.95 Å². The van der Waals surface area contributed by atoms with Crippen LogP contribution in [0.4, 0.5) is 17.3 Å². The van der Waals surface area contributed by atoms with Gasteiger partial charge in [0.15, 0.2) is 0 Å². The molecule has 3 N–H and O–H groups in total. The number of nitrogens with zero attached hydrogens (tertiary/aromatic N) is 1. The summed E-state index contributed by atoms with van der Waals surface area (Å²) >= 11 is 0. The fourth-order valence-electron chi connectivity index (χ4n) is 4.13. The molecule has 1 aliphatic rings. The number of aromatic amines is 1. The topological polar surface area (TPSA) is 105 Å². The third-order valence-corrected chi connectivity index (χ3v) is 7.12. The van der Waals surface area contributed by atoms with E-state index in [0.717, 1.165) is 35.5 Å². The molecule has 4 aromatic rings. The second-order valence-corrected chi connectivity index (χ2v) is 9.86. The predicted molar refractivity (Wildman–Crippen MR) is 133 cm³/mol. The number of anilines is 3. The molecule has 1 saturated carbocycles. The van der Waals surface area contributed by atoms with Crippen molar-refractivity contribution < 1.29 is 17.3 Å². The minimum Gasteiger partial charge on any atom is -0.497 e. The first kappa shape index (κ1) is 22.1. The van der Waals surface area contributed by atoms with Gasteiger partial charge in [-0.1, -0.05) is 18.9 Å². The normalized spacial score (nSPS) is 14.3. The zero-order valence-electron chi connectivity index (χ0n) is 18.7. The molecule has 34 heavy (non-hydrogen) atoms. The van der Waals surface area contributed by atoms with Crippen LogP contribution >= 0.6 is 0 Å². The van der Waals surface area contributed by atoms with Gasteiger partial charge in [-0.25, -0.2) is 4.98 Å². The Labute approximate surface area is 198 Å². The Hall–Kier alpha value is -3.72.